The molecule has 1 aliphatic heterocycles. The van der Waals surface area contributed by atoms with Crippen molar-refractivity contribution < 1.29 is 13.7 Å². The highest BCUT2D eigenvalue weighted by atomic mass is 32.2. The Bertz CT molecular complexity index is 963. The largest absolute Gasteiger partial charge is 0.468 e. The van der Waals surface area contributed by atoms with Gasteiger partial charge in [0.2, 0.25) is 11.8 Å². The molecule has 1 aromatic carbocycles. The lowest BCUT2D eigenvalue weighted by molar-refractivity contribution is -0.0824. The van der Waals surface area contributed by atoms with Gasteiger partial charge >= 0.3 is 0 Å². The van der Waals surface area contributed by atoms with E-state index in [1.807, 2.05) is 42.5 Å². The van der Waals surface area contributed by atoms with Gasteiger partial charge in [0.05, 0.1) is 35.9 Å². The maximum atomic E-state index is 11.9. The van der Waals surface area contributed by atoms with Gasteiger partial charge in [-0.1, -0.05) is 30.3 Å². The fraction of sp³-hybridized carbons (Fsp3) is 0.250. The van der Waals surface area contributed by atoms with Crippen LogP contribution in [0.4, 0.5) is 5.95 Å². The van der Waals surface area contributed by atoms with Gasteiger partial charge in [0.25, 0.3) is 0 Å². The Kier molecular flexibility index (Phi) is 5.59. The van der Waals surface area contributed by atoms with E-state index in [9.17, 15) is 4.21 Å². The molecule has 4 rings (SSSR count). The fourth-order valence-electron chi connectivity index (χ4n) is 2.67. The average Bonchev–Trinajstić information content (AvgIpc) is 2.70. The van der Waals surface area contributed by atoms with Crippen LogP contribution in [-0.2, 0) is 22.1 Å². The summed E-state index contributed by atoms with van der Waals surface area (Å²) in [5.74, 6) is 0.773. The Labute approximate surface area is 165 Å². The number of benzene rings is 1. The van der Waals surface area contributed by atoms with E-state index >= 15 is 0 Å². The fourth-order valence-corrected chi connectivity index (χ4v) is 3.21. The lowest BCUT2D eigenvalue weighted by atomic mass is 10.1. The molecule has 8 heteroatoms. The smallest absolute Gasteiger partial charge is 0.235 e. The molecule has 1 fully saturated rings. The monoisotopic (exact) mass is 396 g/mol. The van der Waals surface area contributed by atoms with Crippen LogP contribution in [0.1, 0.15) is 5.56 Å². The van der Waals surface area contributed by atoms with E-state index in [1.165, 1.54) is 0 Å². The SMILES string of the molecule is CS(=O)c1cnc(NCc2ccc(-c3ccccn3)cc2)nc1OC1COC1. The van der Waals surface area contributed by atoms with E-state index in [4.69, 9.17) is 9.47 Å². The summed E-state index contributed by atoms with van der Waals surface area (Å²) in [4.78, 5) is 13.5. The Morgan fingerprint density at radius 1 is 1.18 bits per heavy atom. The third kappa shape index (κ3) is 4.35. The van der Waals surface area contributed by atoms with Gasteiger partial charge in [-0.05, 0) is 17.7 Å². The van der Waals surface area contributed by atoms with Crippen molar-refractivity contribution in [1.82, 2.24) is 15.0 Å². The Morgan fingerprint density at radius 2 is 2.00 bits per heavy atom. The molecule has 0 aliphatic carbocycles. The van der Waals surface area contributed by atoms with Gasteiger partial charge in [0.15, 0.2) is 0 Å². The molecule has 1 aliphatic rings. The second-order valence-electron chi connectivity index (χ2n) is 6.36. The predicted octanol–water partition coefficient (Wildman–Crippen LogP) is 2.67. The molecule has 7 nitrogen and oxygen atoms in total. The van der Waals surface area contributed by atoms with Crippen molar-refractivity contribution in [3.8, 4) is 17.1 Å². The van der Waals surface area contributed by atoms with E-state index < -0.39 is 10.8 Å². The molecule has 1 saturated heterocycles. The minimum atomic E-state index is -1.23. The van der Waals surface area contributed by atoms with E-state index in [1.54, 1.807) is 18.6 Å². The zero-order chi connectivity index (χ0) is 19.3. The maximum absolute atomic E-state index is 11.9. The third-order valence-corrected chi connectivity index (χ3v) is 5.18. The van der Waals surface area contributed by atoms with Gasteiger partial charge in [0.1, 0.15) is 11.0 Å². The molecule has 0 radical (unpaired) electrons. The van der Waals surface area contributed by atoms with Gasteiger partial charge < -0.3 is 14.8 Å². The summed E-state index contributed by atoms with van der Waals surface area (Å²) in [7, 11) is -1.23. The number of aromatic nitrogens is 3. The summed E-state index contributed by atoms with van der Waals surface area (Å²) in [6.07, 6.45) is 4.86. The molecular weight excluding hydrogens is 376 g/mol. The maximum Gasteiger partial charge on any atom is 0.235 e. The summed E-state index contributed by atoms with van der Waals surface area (Å²) in [5, 5.41) is 3.19. The number of anilines is 1. The molecule has 3 heterocycles. The minimum absolute atomic E-state index is 0.0517. The van der Waals surface area contributed by atoms with E-state index in [2.05, 4.69) is 20.3 Å². The van der Waals surface area contributed by atoms with Crippen LogP contribution in [-0.4, -0.2) is 44.7 Å². The molecule has 3 aromatic rings. The number of nitrogens with one attached hydrogen (secondary N) is 1. The van der Waals surface area contributed by atoms with Gasteiger partial charge in [-0.15, -0.1) is 0 Å². The molecule has 1 atom stereocenters. The van der Waals surface area contributed by atoms with Crippen molar-refractivity contribution in [2.24, 2.45) is 0 Å². The van der Waals surface area contributed by atoms with Gasteiger partial charge in [-0.25, -0.2) is 4.98 Å². The van der Waals surface area contributed by atoms with Gasteiger partial charge in [0, 0.05) is 24.6 Å². The van der Waals surface area contributed by atoms with E-state index in [0.29, 0.717) is 36.5 Å². The Hall–Kier alpha value is -2.84. The van der Waals surface area contributed by atoms with Crippen LogP contribution in [0.15, 0.2) is 59.8 Å². The van der Waals surface area contributed by atoms with E-state index in [0.717, 1.165) is 16.8 Å². The van der Waals surface area contributed by atoms with Crippen molar-refractivity contribution in [3.63, 3.8) is 0 Å². The third-order valence-electron chi connectivity index (χ3n) is 4.28. The average molecular weight is 396 g/mol. The first-order valence-electron chi connectivity index (χ1n) is 8.88. The molecule has 1 N–H and O–H groups in total. The van der Waals surface area contributed by atoms with Crippen molar-refractivity contribution in [2.75, 3.05) is 24.8 Å². The molecule has 2 aromatic heterocycles. The highest BCUT2D eigenvalue weighted by Crippen LogP contribution is 2.23. The molecule has 0 spiro atoms. The lowest BCUT2D eigenvalue weighted by Crippen LogP contribution is -2.39. The summed E-state index contributed by atoms with van der Waals surface area (Å²) in [5.41, 5.74) is 3.09. The standard InChI is InChI=1S/C20H20N4O3S/c1-28(25)18-11-23-20(24-19(18)27-16-12-26-13-16)22-10-14-5-7-15(8-6-14)17-4-2-3-9-21-17/h2-9,11,16H,10,12-13H2,1H3,(H,22,23,24). The van der Waals surface area contributed by atoms with Crippen LogP contribution in [0, 0.1) is 0 Å². The Morgan fingerprint density at radius 3 is 2.64 bits per heavy atom. The molecule has 28 heavy (non-hydrogen) atoms. The quantitative estimate of drug-likeness (QED) is 0.657. The topological polar surface area (TPSA) is 86.2 Å². The summed E-state index contributed by atoms with van der Waals surface area (Å²) < 4.78 is 22.8. The molecule has 144 valence electrons. The zero-order valence-corrected chi connectivity index (χ0v) is 16.2. The van der Waals surface area contributed by atoms with Crippen LogP contribution < -0.4 is 10.1 Å². The second kappa shape index (κ2) is 8.45. The summed E-state index contributed by atoms with van der Waals surface area (Å²) >= 11 is 0. The number of nitrogens with zero attached hydrogens (tertiary/aromatic N) is 3. The number of hydrogen-bond donors (Lipinski definition) is 1. The highest BCUT2D eigenvalue weighted by Gasteiger charge is 2.23. The van der Waals surface area contributed by atoms with Crippen LogP contribution in [0.5, 0.6) is 5.88 Å². The Balaban J connectivity index is 1.44. The number of pyridine rings is 1. The first kappa shape index (κ1) is 18.5. The van der Waals surface area contributed by atoms with Crippen LogP contribution >= 0.6 is 0 Å². The van der Waals surface area contributed by atoms with Gasteiger partial charge in [-0.2, -0.15) is 4.98 Å². The van der Waals surface area contributed by atoms with Crippen molar-refractivity contribution in [2.45, 2.75) is 17.5 Å². The molecule has 0 saturated carbocycles. The first-order chi connectivity index (χ1) is 13.7. The van der Waals surface area contributed by atoms with Gasteiger partial charge in [-0.3, -0.25) is 9.19 Å². The summed E-state index contributed by atoms with van der Waals surface area (Å²) in [6, 6.07) is 14.0. The number of hydrogen-bond acceptors (Lipinski definition) is 7. The predicted molar refractivity (Wildman–Crippen MR) is 107 cm³/mol. The minimum Gasteiger partial charge on any atom is -0.468 e. The lowest BCUT2D eigenvalue weighted by Gasteiger charge is -2.26. The molecule has 1 unspecified atom stereocenters. The molecular formula is C20H20N4O3S. The number of rotatable bonds is 7. The zero-order valence-electron chi connectivity index (χ0n) is 15.4. The van der Waals surface area contributed by atoms with Crippen molar-refractivity contribution >= 4 is 16.7 Å². The number of ether oxygens (including phenoxy) is 2. The summed E-state index contributed by atoms with van der Waals surface area (Å²) in [6.45, 7) is 1.60. The van der Waals surface area contributed by atoms with Crippen molar-refractivity contribution in [3.05, 3.63) is 60.4 Å². The molecule has 0 bridgehead atoms. The molecule has 0 amide bonds. The second-order valence-corrected chi connectivity index (χ2v) is 7.71. The van der Waals surface area contributed by atoms with E-state index in [-0.39, 0.29) is 6.10 Å². The van der Waals surface area contributed by atoms with Crippen LogP contribution in [0.2, 0.25) is 0 Å². The van der Waals surface area contributed by atoms with Crippen molar-refractivity contribution in [1.29, 1.82) is 0 Å². The normalized spacial score (nSPS) is 14.9. The first-order valence-corrected chi connectivity index (χ1v) is 10.4. The van der Waals surface area contributed by atoms with Crippen LogP contribution in [0.3, 0.4) is 0 Å². The highest BCUT2D eigenvalue weighted by molar-refractivity contribution is 7.84. The van der Waals surface area contributed by atoms with Crippen LogP contribution in [0.25, 0.3) is 11.3 Å².